The lowest BCUT2D eigenvalue weighted by Crippen LogP contribution is -2.41. The molecule has 1 heterocycles. The lowest BCUT2D eigenvalue weighted by Gasteiger charge is -2.33. The molecule has 2 aromatic carbocycles. The summed E-state index contributed by atoms with van der Waals surface area (Å²) >= 11 is 0. The fourth-order valence-corrected chi connectivity index (χ4v) is 3.21. The molecule has 1 fully saturated rings. The van der Waals surface area contributed by atoms with Gasteiger partial charge >= 0.3 is 0 Å². The zero-order chi connectivity index (χ0) is 16.8. The maximum absolute atomic E-state index is 13.8. The Labute approximate surface area is 142 Å². The number of hydrogen-bond acceptors (Lipinski definition) is 2. The number of para-hydroxylation sites is 1. The van der Waals surface area contributed by atoms with Crippen molar-refractivity contribution < 1.29 is 9.18 Å². The highest BCUT2D eigenvalue weighted by Gasteiger charge is 2.25. The smallest absolute Gasteiger partial charge is 0.223 e. The first-order chi connectivity index (χ1) is 11.7. The lowest BCUT2D eigenvalue weighted by molar-refractivity contribution is -0.125. The molecule has 0 saturated carbocycles. The summed E-state index contributed by atoms with van der Waals surface area (Å²) in [6.45, 7) is 2.10. The summed E-state index contributed by atoms with van der Waals surface area (Å²) in [5.74, 6) is -0.0359. The van der Waals surface area contributed by atoms with Crippen LogP contribution in [-0.4, -0.2) is 25.5 Å². The molecule has 0 radical (unpaired) electrons. The Kier molecular flexibility index (Phi) is 5.47. The van der Waals surface area contributed by atoms with Gasteiger partial charge in [-0.15, -0.1) is 0 Å². The van der Waals surface area contributed by atoms with E-state index in [0.29, 0.717) is 12.2 Å². The van der Waals surface area contributed by atoms with E-state index < -0.39 is 0 Å². The van der Waals surface area contributed by atoms with E-state index >= 15 is 0 Å². The van der Waals surface area contributed by atoms with Gasteiger partial charge in [0.25, 0.3) is 0 Å². The van der Waals surface area contributed by atoms with E-state index in [1.807, 2.05) is 29.2 Å². The highest BCUT2D eigenvalue weighted by molar-refractivity contribution is 5.79. The molecule has 3 nitrogen and oxygen atoms in total. The van der Waals surface area contributed by atoms with Gasteiger partial charge in [-0.05, 0) is 37.0 Å². The molecule has 2 aromatic rings. The summed E-state index contributed by atoms with van der Waals surface area (Å²) in [5, 5.41) is 3.04. The number of carbonyl (C=O) groups is 1. The molecule has 1 amide bonds. The van der Waals surface area contributed by atoms with Crippen LogP contribution in [0, 0.1) is 11.7 Å². The second-order valence-electron chi connectivity index (χ2n) is 6.24. The van der Waals surface area contributed by atoms with Gasteiger partial charge in [-0.1, -0.05) is 42.5 Å². The van der Waals surface area contributed by atoms with Crippen LogP contribution in [0.15, 0.2) is 54.6 Å². The number of benzene rings is 2. The summed E-state index contributed by atoms with van der Waals surface area (Å²) in [5.41, 5.74) is 1.87. The number of rotatable bonds is 5. The Hall–Kier alpha value is -2.36. The monoisotopic (exact) mass is 326 g/mol. The van der Waals surface area contributed by atoms with Crippen LogP contribution in [0.4, 0.5) is 10.1 Å². The number of carbonyl (C=O) groups excluding carboxylic acids is 1. The first-order valence-electron chi connectivity index (χ1n) is 8.55. The number of halogens is 1. The van der Waals surface area contributed by atoms with Gasteiger partial charge in [0.1, 0.15) is 5.82 Å². The summed E-state index contributed by atoms with van der Waals surface area (Å²) in [6, 6.07) is 17.0. The molecule has 0 aromatic heterocycles. The molecule has 1 N–H and O–H groups in total. The number of nitrogens with one attached hydrogen (secondary N) is 1. The minimum absolute atomic E-state index is 0.0313. The van der Waals surface area contributed by atoms with E-state index in [4.69, 9.17) is 0 Å². The Morgan fingerprint density at radius 3 is 2.42 bits per heavy atom. The van der Waals surface area contributed by atoms with Crippen LogP contribution in [-0.2, 0) is 11.2 Å². The number of anilines is 1. The molecule has 3 rings (SSSR count). The fourth-order valence-electron chi connectivity index (χ4n) is 3.21. The second kappa shape index (κ2) is 7.95. The van der Waals surface area contributed by atoms with Crippen molar-refractivity contribution in [3.63, 3.8) is 0 Å². The summed E-state index contributed by atoms with van der Waals surface area (Å²) in [7, 11) is 0. The van der Waals surface area contributed by atoms with Gasteiger partial charge in [0.2, 0.25) is 5.91 Å². The number of amides is 1. The van der Waals surface area contributed by atoms with Gasteiger partial charge in [-0.3, -0.25) is 4.79 Å². The van der Waals surface area contributed by atoms with Crippen molar-refractivity contribution in [2.24, 2.45) is 5.92 Å². The van der Waals surface area contributed by atoms with Gasteiger partial charge in [0.15, 0.2) is 0 Å². The van der Waals surface area contributed by atoms with Crippen LogP contribution in [0.25, 0.3) is 0 Å². The predicted molar refractivity (Wildman–Crippen MR) is 94.5 cm³/mol. The number of piperidine rings is 1. The predicted octanol–water partition coefficient (Wildman–Crippen LogP) is 3.40. The van der Waals surface area contributed by atoms with E-state index in [-0.39, 0.29) is 17.6 Å². The molecule has 24 heavy (non-hydrogen) atoms. The van der Waals surface area contributed by atoms with Gasteiger partial charge in [0.05, 0.1) is 5.69 Å². The molecule has 0 spiro atoms. The second-order valence-corrected chi connectivity index (χ2v) is 6.24. The summed E-state index contributed by atoms with van der Waals surface area (Å²) in [6.07, 6.45) is 2.39. The van der Waals surface area contributed by atoms with Gasteiger partial charge in [-0.2, -0.15) is 0 Å². The number of nitrogens with zero attached hydrogens (tertiary/aromatic N) is 1. The molecule has 126 valence electrons. The van der Waals surface area contributed by atoms with E-state index in [1.54, 1.807) is 12.1 Å². The molecular formula is C20H23FN2O. The Morgan fingerprint density at radius 2 is 1.71 bits per heavy atom. The zero-order valence-corrected chi connectivity index (χ0v) is 13.7. The van der Waals surface area contributed by atoms with E-state index in [1.165, 1.54) is 11.6 Å². The van der Waals surface area contributed by atoms with E-state index in [2.05, 4.69) is 17.4 Å². The molecule has 1 aliphatic heterocycles. The van der Waals surface area contributed by atoms with Crippen LogP contribution >= 0.6 is 0 Å². The molecule has 4 heteroatoms. The first kappa shape index (κ1) is 16.5. The summed E-state index contributed by atoms with van der Waals surface area (Å²) in [4.78, 5) is 14.3. The van der Waals surface area contributed by atoms with Crippen molar-refractivity contribution >= 4 is 11.6 Å². The third-order valence-electron chi connectivity index (χ3n) is 4.61. The Morgan fingerprint density at radius 1 is 1.04 bits per heavy atom. The molecular weight excluding hydrogens is 303 g/mol. The SMILES string of the molecule is O=C(NCCc1ccccc1)C1CCN(c2ccccc2F)CC1. The van der Waals surface area contributed by atoms with Gasteiger partial charge in [-0.25, -0.2) is 4.39 Å². The van der Waals surface area contributed by atoms with Crippen molar-refractivity contribution in [2.75, 3.05) is 24.5 Å². The van der Waals surface area contributed by atoms with Crippen LogP contribution < -0.4 is 10.2 Å². The average Bonchev–Trinajstić information content (AvgIpc) is 2.63. The van der Waals surface area contributed by atoms with Crippen molar-refractivity contribution in [3.05, 3.63) is 66.0 Å². The molecule has 1 saturated heterocycles. The van der Waals surface area contributed by atoms with E-state index in [9.17, 15) is 9.18 Å². The van der Waals surface area contributed by atoms with Crippen molar-refractivity contribution in [2.45, 2.75) is 19.3 Å². The molecule has 0 atom stereocenters. The topological polar surface area (TPSA) is 32.3 Å². The van der Waals surface area contributed by atoms with E-state index in [0.717, 1.165) is 32.4 Å². The van der Waals surface area contributed by atoms with Crippen LogP contribution in [0.3, 0.4) is 0 Å². The third-order valence-corrected chi connectivity index (χ3v) is 4.61. The summed E-state index contributed by atoms with van der Waals surface area (Å²) < 4.78 is 13.8. The molecule has 0 bridgehead atoms. The molecule has 0 aliphatic carbocycles. The maximum atomic E-state index is 13.8. The minimum atomic E-state index is -0.191. The number of hydrogen-bond donors (Lipinski definition) is 1. The largest absolute Gasteiger partial charge is 0.369 e. The normalized spacial score (nSPS) is 15.3. The quantitative estimate of drug-likeness (QED) is 0.913. The average molecular weight is 326 g/mol. The lowest BCUT2D eigenvalue weighted by atomic mass is 9.95. The standard InChI is InChI=1S/C20H23FN2O/c21-18-8-4-5-9-19(18)23-14-11-17(12-15-23)20(24)22-13-10-16-6-2-1-3-7-16/h1-9,17H,10-15H2,(H,22,24). The minimum Gasteiger partial charge on any atom is -0.369 e. The molecule has 0 unspecified atom stereocenters. The Bertz CT molecular complexity index is 666. The highest BCUT2D eigenvalue weighted by Crippen LogP contribution is 2.25. The highest BCUT2D eigenvalue weighted by atomic mass is 19.1. The van der Waals surface area contributed by atoms with Crippen molar-refractivity contribution in [3.8, 4) is 0 Å². The Balaban J connectivity index is 1.44. The van der Waals surface area contributed by atoms with Crippen molar-refractivity contribution in [1.29, 1.82) is 0 Å². The zero-order valence-electron chi connectivity index (χ0n) is 13.7. The fraction of sp³-hybridized carbons (Fsp3) is 0.350. The van der Waals surface area contributed by atoms with Crippen LogP contribution in [0.5, 0.6) is 0 Å². The van der Waals surface area contributed by atoms with Crippen LogP contribution in [0.2, 0.25) is 0 Å². The van der Waals surface area contributed by atoms with Crippen molar-refractivity contribution in [1.82, 2.24) is 5.32 Å². The molecule has 1 aliphatic rings. The van der Waals surface area contributed by atoms with Gasteiger partial charge < -0.3 is 10.2 Å². The maximum Gasteiger partial charge on any atom is 0.223 e. The first-order valence-corrected chi connectivity index (χ1v) is 8.55. The van der Waals surface area contributed by atoms with Crippen LogP contribution in [0.1, 0.15) is 18.4 Å². The van der Waals surface area contributed by atoms with Gasteiger partial charge in [0, 0.05) is 25.6 Å². The third kappa shape index (κ3) is 4.13.